The molecule has 1 aromatic rings. The quantitative estimate of drug-likeness (QED) is 0.809. The molecule has 1 N–H and O–H groups in total. The van der Waals surface area contributed by atoms with Gasteiger partial charge in [-0.15, -0.1) is 0 Å². The van der Waals surface area contributed by atoms with Crippen molar-refractivity contribution in [2.45, 2.75) is 60.0 Å². The van der Waals surface area contributed by atoms with E-state index in [0.29, 0.717) is 18.9 Å². The van der Waals surface area contributed by atoms with Crippen LogP contribution in [0.25, 0.3) is 6.08 Å². The molecule has 1 aromatic heterocycles. The first kappa shape index (κ1) is 24.6. The molecule has 1 aliphatic rings. The van der Waals surface area contributed by atoms with Gasteiger partial charge in [0.25, 0.3) is 0 Å². The van der Waals surface area contributed by atoms with E-state index in [2.05, 4.69) is 21.9 Å². The highest BCUT2D eigenvalue weighted by molar-refractivity contribution is 5.81. The predicted molar refractivity (Wildman–Crippen MR) is 108 cm³/mol. The zero-order chi connectivity index (χ0) is 21.0. The molecule has 0 aromatic carbocycles. The Bertz CT molecular complexity index is 588. The van der Waals surface area contributed by atoms with Gasteiger partial charge >= 0.3 is 12.0 Å². The van der Waals surface area contributed by atoms with Gasteiger partial charge < -0.3 is 15.0 Å². The van der Waals surface area contributed by atoms with E-state index in [0.717, 1.165) is 5.56 Å². The SMILES string of the molecule is C=Cc1ncc(C2CN(C(=O)NCC(=O)OC(C)(C)C)C2)cn1.CC.CC. The minimum Gasteiger partial charge on any atom is -0.459 e. The van der Waals surface area contributed by atoms with Crippen molar-refractivity contribution in [3.8, 4) is 0 Å². The van der Waals surface area contributed by atoms with Gasteiger partial charge in [-0.2, -0.15) is 0 Å². The number of carbonyl (C=O) groups excluding carboxylic acids is 2. The maximum absolute atomic E-state index is 11.9. The molecule has 1 saturated heterocycles. The standard InChI is InChI=1S/C16H22N4O3.2C2H6/c1-5-13-17-6-11(7-18-13)12-9-20(10-12)15(22)19-8-14(21)23-16(2,3)4;2*1-2/h5-7,12H,1,8-10H2,2-4H3,(H,19,22);2*1-2H3. The van der Waals surface area contributed by atoms with Gasteiger partial charge in [0.1, 0.15) is 12.1 Å². The minimum absolute atomic E-state index is 0.131. The normalized spacial score (nSPS) is 13.1. The van der Waals surface area contributed by atoms with Crippen LogP contribution in [0.3, 0.4) is 0 Å². The number of aromatic nitrogens is 2. The van der Waals surface area contributed by atoms with Crippen LogP contribution >= 0.6 is 0 Å². The number of carbonyl (C=O) groups is 2. The van der Waals surface area contributed by atoms with Crippen LogP contribution in [0.15, 0.2) is 19.0 Å². The number of likely N-dealkylation sites (tertiary alicyclic amines) is 1. The van der Waals surface area contributed by atoms with Crippen LogP contribution in [0, 0.1) is 0 Å². The maximum atomic E-state index is 11.9. The van der Waals surface area contributed by atoms with Crippen LogP contribution in [0.4, 0.5) is 4.79 Å². The van der Waals surface area contributed by atoms with Crippen molar-refractivity contribution >= 4 is 18.1 Å². The monoisotopic (exact) mass is 378 g/mol. The Morgan fingerprint density at radius 1 is 1.22 bits per heavy atom. The number of nitrogens with one attached hydrogen (secondary N) is 1. The van der Waals surface area contributed by atoms with Crippen LogP contribution < -0.4 is 5.32 Å². The predicted octanol–water partition coefficient (Wildman–Crippen LogP) is 3.62. The van der Waals surface area contributed by atoms with E-state index in [1.165, 1.54) is 0 Å². The number of hydrogen-bond acceptors (Lipinski definition) is 5. The second-order valence-electron chi connectivity index (χ2n) is 6.43. The fourth-order valence-electron chi connectivity index (χ4n) is 2.16. The molecule has 2 heterocycles. The molecule has 1 fully saturated rings. The van der Waals surface area contributed by atoms with Gasteiger partial charge in [-0.3, -0.25) is 4.79 Å². The minimum atomic E-state index is -0.554. The van der Waals surface area contributed by atoms with Crippen molar-refractivity contribution in [2.75, 3.05) is 19.6 Å². The van der Waals surface area contributed by atoms with E-state index in [-0.39, 0.29) is 18.5 Å². The van der Waals surface area contributed by atoms with E-state index < -0.39 is 11.6 Å². The molecule has 0 aliphatic carbocycles. The first-order chi connectivity index (χ1) is 12.8. The van der Waals surface area contributed by atoms with Gasteiger partial charge in [0.05, 0.1) is 0 Å². The fourth-order valence-corrected chi connectivity index (χ4v) is 2.16. The summed E-state index contributed by atoms with van der Waals surface area (Å²) in [5.41, 5.74) is 0.438. The van der Waals surface area contributed by atoms with Gasteiger partial charge in [-0.1, -0.05) is 34.3 Å². The average molecular weight is 379 g/mol. The number of nitrogens with zero attached hydrogens (tertiary/aromatic N) is 3. The van der Waals surface area contributed by atoms with Gasteiger partial charge in [-0.25, -0.2) is 14.8 Å². The van der Waals surface area contributed by atoms with E-state index in [1.54, 1.807) is 44.1 Å². The van der Waals surface area contributed by atoms with Crippen molar-refractivity contribution in [1.82, 2.24) is 20.2 Å². The largest absolute Gasteiger partial charge is 0.459 e. The number of rotatable bonds is 4. The van der Waals surface area contributed by atoms with Crippen molar-refractivity contribution in [3.63, 3.8) is 0 Å². The highest BCUT2D eigenvalue weighted by Gasteiger charge is 2.32. The maximum Gasteiger partial charge on any atom is 0.325 e. The first-order valence-corrected chi connectivity index (χ1v) is 9.47. The summed E-state index contributed by atoms with van der Waals surface area (Å²) in [6.45, 7) is 18.0. The molecule has 0 saturated carbocycles. The Morgan fingerprint density at radius 3 is 2.19 bits per heavy atom. The van der Waals surface area contributed by atoms with E-state index in [1.807, 2.05) is 27.7 Å². The van der Waals surface area contributed by atoms with Crippen LogP contribution in [0.5, 0.6) is 0 Å². The second-order valence-corrected chi connectivity index (χ2v) is 6.43. The summed E-state index contributed by atoms with van der Waals surface area (Å²) in [4.78, 5) is 33.4. The number of amides is 2. The lowest BCUT2D eigenvalue weighted by Gasteiger charge is -2.39. The lowest BCUT2D eigenvalue weighted by Crippen LogP contribution is -2.53. The molecular weight excluding hydrogens is 344 g/mol. The zero-order valence-electron chi connectivity index (χ0n) is 17.7. The molecule has 27 heavy (non-hydrogen) atoms. The second kappa shape index (κ2) is 12.0. The average Bonchev–Trinajstić information content (AvgIpc) is 2.61. The summed E-state index contributed by atoms with van der Waals surface area (Å²) < 4.78 is 5.13. The van der Waals surface area contributed by atoms with Crippen molar-refractivity contribution in [1.29, 1.82) is 0 Å². The Balaban J connectivity index is 0.00000158. The lowest BCUT2D eigenvalue weighted by molar-refractivity contribution is -0.153. The summed E-state index contributed by atoms with van der Waals surface area (Å²) in [5, 5.41) is 2.57. The number of esters is 1. The molecular formula is C20H34N4O3. The molecule has 2 rings (SSSR count). The summed E-state index contributed by atoms with van der Waals surface area (Å²) in [6, 6.07) is -0.268. The van der Waals surface area contributed by atoms with Gasteiger partial charge in [0.2, 0.25) is 0 Å². The molecule has 2 amide bonds. The van der Waals surface area contributed by atoms with Crippen molar-refractivity contribution < 1.29 is 14.3 Å². The molecule has 152 valence electrons. The molecule has 7 nitrogen and oxygen atoms in total. The highest BCUT2D eigenvalue weighted by atomic mass is 16.6. The summed E-state index contributed by atoms with van der Waals surface area (Å²) in [6.07, 6.45) is 5.09. The zero-order valence-corrected chi connectivity index (χ0v) is 17.7. The number of urea groups is 1. The highest BCUT2D eigenvalue weighted by Crippen LogP contribution is 2.25. The van der Waals surface area contributed by atoms with Gasteiger partial charge in [-0.05, 0) is 32.4 Å². The van der Waals surface area contributed by atoms with Crippen LogP contribution in [-0.2, 0) is 9.53 Å². The lowest BCUT2D eigenvalue weighted by atomic mass is 9.94. The van der Waals surface area contributed by atoms with Crippen LogP contribution in [0.2, 0.25) is 0 Å². The number of hydrogen-bond donors (Lipinski definition) is 1. The molecule has 0 radical (unpaired) electrons. The fraction of sp³-hybridized carbons (Fsp3) is 0.600. The van der Waals surface area contributed by atoms with Crippen LogP contribution in [-0.4, -0.2) is 52.1 Å². The van der Waals surface area contributed by atoms with Crippen molar-refractivity contribution in [2.24, 2.45) is 0 Å². The third-order valence-electron chi connectivity index (χ3n) is 3.32. The van der Waals surface area contributed by atoms with Crippen molar-refractivity contribution in [3.05, 3.63) is 30.4 Å². The Morgan fingerprint density at radius 2 is 1.74 bits per heavy atom. The Labute approximate surface area is 163 Å². The Hall–Kier alpha value is -2.44. The van der Waals surface area contributed by atoms with E-state index >= 15 is 0 Å². The van der Waals surface area contributed by atoms with E-state index in [9.17, 15) is 9.59 Å². The molecule has 7 heteroatoms. The third-order valence-corrected chi connectivity index (χ3v) is 3.32. The summed E-state index contributed by atoms with van der Waals surface area (Å²) in [5.74, 6) is 0.359. The third kappa shape index (κ3) is 8.66. The topological polar surface area (TPSA) is 84.4 Å². The van der Waals surface area contributed by atoms with Gasteiger partial charge in [0, 0.05) is 31.4 Å². The molecule has 1 aliphatic heterocycles. The van der Waals surface area contributed by atoms with Gasteiger partial charge in [0.15, 0.2) is 5.82 Å². The van der Waals surface area contributed by atoms with E-state index in [4.69, 9.17) is 4.74 Å². The molecule has 0 spiro atoms. The summed E-state index contributed by atoms with van der Waals surface area (Å²) in [7, 11) is 0. The smallest absolute Gasteiger partial charge is 0.325 e. The Kier molecular flexibility index (Phi) is 11.0. The van der Waals surface area contributed by atoms with Crippen LogP contribution in [0.1, 0.15) is 65.8 Å². The molecule has 0 unspecified atom stereocenters. The molecule has 0 bridgehead atoms. The summed E-state index contributed by atoms with van der Waals surface area (Å²) >= 11 is 0. The number of ether oxygens (including phenoxy) is 1. The first-order valence-electron chi connectivity index (χ1n) is 9.47. The molecule has 0 atom stereocenters.